The van der Waals surface area contributed by atoms with Crippen LogP contribution in [0.25, 0.3) is 0 Å². The Labute approximate surface area is 54.2 Å². The summed E-state index contributed by atoms with van der Waals surface area (Å²) in [5.41, 5.74) is 0. The standard InChI is InChI=1S/C4H6BrF3/c1-3(5)2-4(6,7)8/h3H,2H2,1H3/t3-/m0/s1. The molecular formula is C4H6BrF3. The number of hydrogen-bond donors (Lipinski definition) is 0. The summed E-state index contributed by atoms with van der Waals surface area (Å²) >= 11 is 2.79. The fraction of sp³-hybridized carbons (Fsp3) is 1.00. The van der Waals surface area contributed by atoms with Gasteiger partial charge in [-0.25, -0.2) is 0 Å². The monoisotopic (exact) mass is 190 g/mol. The Morgan fingerprint density at radius 3 is 1.88 bits per heavy atom. The second-order valence-electron chi connectivity index (χ2n) is 1.60. The van der Waals surface area contributed by atoms with Crippen LogP contribution in [0.2, 0.25) is 0 Å². The van der Waals surface area contributed by atoms with E-state index >= 15 is 0 Å². The topological polar surface area (TPSA) is 0 Å². The molecule has 0 heterocycles. The Morgan fingerprint density at radius 1 is 1.50 bits per heavy atom. The van der Waals surface area contributed by atoms with Crippen molar-refractivity contribution in [3.05, 3.63) is 0 Å². The van der Waals surface area contributed by atoms with Gasteiger partial charge >= 0.3 is 6.18 Å². The maximum atomic E-state index is 11.3. The molecule has 0 aromatic heterocycles. The fourth-order valence-electron chi connectivity index (χ4n) is 0.319. The molecule has 0 amide bonds. The van der Waals surface area contributed by atoms with E-state index in [0.29, 0.717) is 0 Å². The van der Waals surface area contributed by atoms with Crippen molar-refractivity contribution >= 4 is 15.9 Å². The molecule has 0 aromatic rings. The highest BCUT2D eigenvalue weighted by Gasteiger charge is 2.28. The van der Waals surface area contributed by atoms with Gasteiger partial charge < -0.3 is 0 Å². The van der Waals surface area contributed by atoms with Crippen molar-refractivity contribution in [3.63, 3.8) is 0 Å². The van der Waals surface area contributed by atoms with Crippen LogP contribution in [0, 0.1) is 0 Å². The minimum atomic E-state index is -4.02. The zero-order valence-electron chi connectivity index (χ0n) is 4.30. The first kappa shape index (κ1) is 8.27. The van der Waals surface area contributed by atoms with Gasteiger partial charge in [0.15, 0.2) is 0 Å². The molecule has 0 N–H and O–H groups in total. The molecule has 0 aromatic carbocycles. The number of alkyl halides is 4. The first-order valence-corrected chi connectivity index (χ1v) is 3.04. The molecule has 0 saturated heterocycles. The Kier molecular flexibility index (Phi) is 2.80. The van der Waals surface area contributed by atoms with Gasteiger partial charge in [0.05, 0.1) is 6.42 Å². The van der Waals surface area contributed by atoms with Gasteiger partial charge in [-0.15, -0.1) is 0 Å². The molecule has 0 nitrogen and oxygen atoms in total. The minimum absolute atomic E-state index is 0.470. The number of hydrogen-bond acceptors (Lipinski definition) is 0. The van der Waals surface area contributed by atoms with Crippen molar-refractivity contribution in [1.82, 2.24) is 0 Å². The van der Waals surface area contributed by atoms with Crippen molar-refractivity contribution in [2.45, 2.75) is 24.3 Å². The van der Waals surface area contributed by atoms with E-state index < -0.39 is 17.4 Å². The van der Waals surface area contributed by atoms with Crippen LogP contribution >= 0.6 is 15.9 Å². The van der Waals surface area contributed by atoms with Gasteiger partial charge in [-0.3, -0.25) is 0 Å². The van der Waals surface area contributed by atoms with E-state index in [2.05, 4.69) is 15.9 Å². The number of rotatable bonds is 1. The summed E-state index contributed by atoms with van der Waals surface area (Å²) in [5.74, 6) is 0. The van der Waals surface area contributed by atoms with E-state index in [1.165, 1.54) is 6.92 Å². The average Bonchev–Trinajstić information content (AvgIpc) is 1.21. The quantitative estimate of drug-likeness (QED) is 0.559. The van der Waals surface area contributed by atoms with Crippen molar-refractivity contribution in [3.8, 4) is 0 Å². The van der Waals surface area contributed by atoms with Gasteiger partial charge in [-0.2, -0.15) is 13.2 Å². The van der Waals surface area contributed by atoms with Crippen LogP contribution in [0.3, 0.4) is 0 Å². The molecular weight excluding hydrogens is 185 g/mol. The molecule has 0 unspecified atom stereocenters. The summed E-state index contributed by atoms with van der Waals surface area (Å²) in [6.45, 7) is 1.47. The van der Waals surface area contributed by atoms with Crippen LogP contribution in [0.1, 0.15) is 13.3 Å². The zero-order valence-corrected chi connectivity index (χ0v) is 5.88. The second kappa shape index (κ2) is 2.71. The van der Waals surface area contributed by atoms with E-state index in [4.69, 9.17) is 0 Å². The molecule has 0 rings (SSSR count). The molecule has 50 valence electrons. The predicted octanol–water partition coefficient (Wildman–Crippen LogP) is 2.72. The lowest BCUT2D eigenvalue weighted by Crippen LogP contribution is -2.11. The number of halogens is 4. The van der Waals surface area contributed by atoms with Gasteiger partial charge in [0, 0.05) is 4.83 Å². The molecule has 0 spiro atoms. The maximum Gasteiger partial charge on any atom is 0.390 e. The highest BCUT2D eigenvalue weighted by atomic mass is 79.9. The molecule has 0 aliphatic rings. The van der Waals surface area contributed by atoms with Gasteiger partial charge in [-0.1, -0.05) is 22.9 Å². The zero-order chi connectivity index (χ0) is 6.78. The molecule has 0 fully saturated rings. The Balaban J connectivity index is 3.39. The molecule has 0 saturated carbocycles. The van der Waals surface area contributed by atoms with Crippen LogP contribution in [-0.2, 0) is 0 Å². The van der Waals surface area contributed by atoms with Crippen LogP contribution in [0.15, 0.2) is 0 Å². The lowest BCUT2D eigenvalue weighted by atomic mass is 10.3. The lowest BCUT2D eigenvalue weighted by molar-refractivity contribution is -0.133. The summed E-state index contributed by atoms with van der Waals surface area (Å²) in [4.78, 5) is -0.470. The molecule has 0 aliphatic carbocycles. The third kappa shape index (κ3) is 6.27. The van der Waals surface area contributed by atoms with Gasteiger partial charge in [0.1, 0.15) is 0 Å². The fourth-order valence-corrected chi connectivity index (χ4v) is 0.686. The minimum Gasteiger partial charge on any atom is -0.171 e. The van der Waals surface area contributed by atoms with Crippen LogP contribution in [-0.4, -0.2) is 11.0 Å². The second-order valence-corrected chi connectivity index (χ2v) is 3.16. The first-order chi connectivity index (χ1) is 3.42. The van der Waals surface area contributed by atoms with Gasteiger partial charge in [0.2, 0.25) is 0 Å². The third-order valence-electron chi connectivity index (χ3n) is 0.513. The summed E-state index contributed by atoms with van der Waals surface area (Å²) in [6, 6.07) is 0. The van der Waals surface area contributed by atoms with E-state index in [0.717, 1.165) is 0 Å². The highest BCUT2D eigenvalue weighted by Crippen LogP contribution is 2.24. The van der Waals surface area contributed by atoms with Crippen molar-refractivity contribution in [2.75, 3.05) is 0 Å². The van der Waals surface area contributed by atoms with E-state index in [1.54, 1.807) is 0 Å². The van der Waals surface area contributed by atoms with Crippen LogP contribution in [0.5, 0.6) is 0 Å². The molecule has 1 atom stereocenters. The van der Waals surface area contributed by atoms with E-state index in [1.807, 2.05) is 0 Å². The maximum absolute atomic E-state index is 11.3. The summed E-state index contributed by atoms with van der Waals surface area (Å²) < 4.78 is 33.8. The van der Waals surface area contributed by atoms with Crippen molar-refractivity contribution in [2.24, 2.45) is 0 Å². The van der Waals surface area contributed by atoms with Gasteiger partial charge in [-0.05, 0) is 0 Å². The molecule has 0 bridgehead atoms. The summed E-state index contributed by atoms with van der Waals surface area (Å²) in [5, 5.41) is 0. The molecule has 4 heteroatoms. The Bertz CT molecular complexity index is 66.2. The Hall–Kier alpha value is 0.270. The lowest BCUT2D eigenvalue weighted by Gasteiger charge is -2.05. The normalized spacial score (nSPS) is 16.1. The van der Waals surface area contributed by atoms with E-state index in [-0.39, 0.29) is 0 Å². The SMILES string of the molecule is C[C@H](Br)CC(F)(F)F. The smallest absolute Gasteiger partial charge is 0.171 e. The van der Waals surface area contributed by atoms with Crippen molar-refractivity contribution < 1.29 is 13.2 Å². The highest BCUT2D eigenvalue weighted by molar-refractivity contribution is 9.09. The van der Waals surface area contributed by atoms with E-state index in [9.17, 15) is 13.2 Å². The molecule has 0 aliphatic heterocycles. The Morgan fingerprint density at radius 2 is 1.88 bits per heavy atom. The van der Waals surface area contributed by atoms with Crippen LogP contribution in [0.4, 0.5) is 13.2 Å². The molecule has 8 heavy (non-hydrogen) atoms. The average molecular weight is 191 g/mol. The summed E-state index contributed by atoms with van der Waals surface area (Å²) in [6.07, 6.45) is -4.78. The van der Waals surface area contributed by atoms with Crippen molar-refractivity contribution in [1.29, 1.82) is 0 Å². The van der Waals surface area contributed by atoms with Gasteiger partial charge in [0.25, 0.3) is 0 Å². The van der Waals surface area contributed by atoms with Crippen LogP contribution < -0.4 is 0 Å². The largest absolute Gasteiger partial charge is 0.390 e. The molecule has 0 radical (unpaired) electrons. The first-order valence-electron chi connectivity index (χ1n) is 2.12. The summed E-state index contributed by atoms with van der Waals surface area (Å²) in [7, 11) is 0. The third-order valence-corrected chi connectivity index (χ3v) is 0.836. The predicted molar refractivity (Wildman–Crippen MR) is 29.1 cm³/mol.